The van der Waals surface area contributed by atoms with Gasteiger partial charge in [-0.2, -0.15) is 0 Å². The zero-order valence-electron chi connectivity index (χ0n) is 47.9. The number of carbonyl (C=O) groups is 3. The molecule has 418 valence electrons. The van der Waals surface area contributed by atoms with Crippen molar-refractivity contribution in [3.05, 3.63) is 60.8 Å². The first-order valence-electron chi connectivity index (χ1n) is 31.3. The van der Waals surface area contributed by atoms with Crippen LogP contribution in [0.1, 0.15) is 323 Å². The molecule has 6 nitrogen and oxygen atoms in total. The second kappa shape index (κ2) is 60.7. The van der Waals surface area contributed by atoms with E-state index in [1.807, 2.05) is 0 Å². The SMILES string of the molecule is CCCCC/C=C\C/C=C\CCCCCCCCCCCC(=O)OC(COC(=O)CCCCCCCCCC)COC(=O)CCCCCCCCCCCCCC/C=C\C/C=C\C/C=C\CCCCCCC. The minimum atomic E-state index is -0.774. The van der Waals surface area contributed by atoms with Gasteiger partial charge in [-0.15, -0.1) is 0 Å². The van der Waals surface area contributed by atoms with Crippen LogP contribution in [0.25, 0.3) is 0 Å². The van der Waals surface area contributed by atoms with Crippen LogP contribution in [-0.4, -0.2) is 37.2 Å². The van der Waals surface area contributed by atoms with E-state index in [4.69, 9.17) is 14.2 Å². The van der Waals surface area contributed by atoms with Gasteiger partial charge in [-0.05, 0) is 89.9 Å². The Bertz CT molecular complexity index is 1290. The molecule has 0 aliphatic rings. The van der Waals surface area contributed by atoms with Crippen LogP contribution in [0.4, 0.5) is 0 Å². The normalized spacial score (nSPS) is 12.4. The summed E-state index contributed by atoms with van der Waals surface area (Å²) in [5, 5.41) is 0. The molecule has 0 aromatic carbocycles. The van der Waals surface area contributed by atoms with Crippen molar-refractivity contribution < 1.29 is 28.6 Å². The number of allylic oxidation sites excluding steroid dienone is 10. The predicted octanol–water partition coefficient (Wildman–Crippen LogP) is 21.2. The molecular weight excluding hydrogens is 889 g/mol. The molecule has 72 heavy (non-hydrogen) atoms. The van der Waals surface area contributed by atoms with Gasteiger partial charge in [0, 0.05) is 19.3 Å². The van der Waals surface area contributed by atoms with Crippen molar-refractivity contribution >= 4 is 17.9 Å². The largest absolute Gasteiger partial charge is 0.462 e. The van der Waals surface area contributed by atoms with Gasteiger partial charge in [0.15, 0.2) is 6.10 Å². The first-order chi connectivity index (χ1) is 35.5. The molecular formula is C66H118O6. The monoisotopic (exact) mass is 1010 g/mol. The van der Waals surface area contributed by atoms with Gasteiger partial charge in [0.2, 0.25) is 0 Å². The lowest BCUT2D eigenvalue weighted by atomic mass is 10.0. The molecule has 0 rings (SSSR count). The van der Waals surface area contributed by atoms with Gasteiger partial charge in [0.05, 0.1) is 0 Å². The number of rotatable bonds is 57. The number of hydrogen-bond acceptors (Lipinski definition) is 6. The van der Waals surface area contributed by atoms with E-state index >= 15 is 0 Å². The van der Waals surface area contributed by atoms with Crippen LogP contribution in [0.15, 0.2) is 60.8 Å². The first kappa shape index (κ1) is 69.1. The fraction of sp³-hybridized carbons (Fsp3) is 0.803. The summed E-state index contributed by atoms with van der Waals surface area (Å²) < 4.78 is 16.9. The van der Waals surface area contributed by atoms with Crippen molar-refractivity contribution in [2.75, 3.05) is 13.2 Å². The summed E-state index contributed by atoms with van der Waals surface area (Å²) >= 11 is 0. The van der Waals surface area contributed by atoms with Crippen molar-refractivity contribution in [3.63, 3.8) is 0 Å². The minimum absolute atomic E-state index is 0.0738. The molecule has 0 heterocycles. The van der Waals surface area contributed by atoms with Crippen LogP contribution < -0.4 is 0 Å². The Labute approximate surface area is 447 Å². The molecule has 1 unspecified atom stereocenters. The summed E-state index contributed by atoms with van der Waals surface area (Å²) in [6.45, 7) is 6.60. The van der Waals surface area contributed by atoms with Crippen LogP contribution in [0.5, 0.6) is 0 Å². The minimum Gasteiger partial charge on any atom is -0.462 e. The van der Waals surface area contributed by atoms with E-state index in [9.17, 15) is 14.4 Å². The number of ether oxygens (including phenoxy) is 3. The van der Waals surface area contributed by atoms with Crippen molar-refractivity contribution in [2.24, 2.45) is 0 Å². The molecule has 0 aliphatic heterocycles. The van der Waals surface area contributed by atoms with E-state index in [1.165, 1.54) is 205 Å². The Morgan fingerprint density at radius 1 is 0.278 bits per heavy atom. The number of unbranched alkanes of at least 4 members (excludes halogenated alkanes) is 36. The van der Waals surface area contributed by atoms with Crippen molar-refractivity contribution in [3.8, 4) is 0 Å². The Morgan fingerprint density at radius 2 is 0.500 bits per heavy atom. The molecule has 0 saturated heterocycles. The third-order valence-corrected chi connectivity index (χ3v) is 13.7. The lowest BCUT2D eigenvalue weighted by Gasteiger charge is -2.18. The van der Waals surface area contributed by atoms with E-state index in [1.54, 1.807) is 0 Å². The van der Waals surface area contributed by atoms with Gasteiger partial charge in [-0.3, -0.25) is 14.4 Å². The molecule has 1 atom stereocenters. The highest BCUT2D eigenvalue weighted by Gasteiger charge is 2.19. The second-order valence-electron chi connectivity index (χ2n) is 21.0. The van der Waals surface area contributed by atoms with Crippen LogP contribution in [-0.2, 0) is 28.6 Å². The second-order valence-corrected chi connectivity index (χ2v) is 21.0. The molecule has 0 bridgehead atoms. The Kier molecular flexibility index (Phi) is 58.2. The number of hydrogen-bond donors (Lipinski definition) is 0. The topological polar surface area (TPSA) is 78.9 Å². The lowest BCUT2D eigenvalue weighted by molar-refractivity contribution is -0.167. The van der Waals surface area contributed by atoms with Crippen LogP contribution in [0.3, 0.4) is 0 Å². The van der Waals surface area contributed by atoms with E-state index in [-0.39, 0.29) is 31.1 Å². The van der Waals surface area contributed by atoms with Crippen LogP contribution >= 0.6 is 0 Å². The highest BCUT2D eigenvalue weighted by atomic mass is 16.6. The summed E-state index contributed by atoms with van der Waals surface area (Å²) in [6, 6.07) is 0. The highest BCUT2D eigenvalue weighted by Crippen LogP contribution is 2.16. The van der Waals surface area contributed by atoms with E-state index in [0.717, 1.165) is 77.0 Å². The third-order valence-electron chi connectivity index (χ3n) is 13.7. The number of esters is 3. The van der Waals surface area contributed by atoms with Gasteiger partial charge in [0.1, 0.15) is 13.2 Å². The summed E-state index contributed by atoms with van der Waals surface area (Å²) in [7, 11) is 0. The highest BCUT2D eigenvalue weighted by molar-refractivity contribution is 5.71. The molecule has 0 amide bonds. The van der Waals surface area contributed by atoms with Gasteiger partial charge >= 0.3 is 17.9 Å². The van der Waals surface area contributed by atoms with Gasteiger partial charge in [0.25, 0.3) is 0 Å². The molecule has 0 aliphatic carbocycles. The Hall–Kier alpha value is -2.89. The third kappa shape index (κ3) is 58.0. The zero-order chi connectivity index (χ0) is 52.2. The number of carbonyl (C=O) groups excluding carboxylic acids is 3. The Balaban J connectivity index is 4.16. The Morgan fingerprint density at radius 3 is 0.806 bits per heavy atom. The molecule has 0 spiro atoms. The van der Waals surface area contributed by atoms with E-state index < -0.39 is 6.10 Å². The maximum atomic E-state index is 12.9. The molecule has 6 heteroatoms. The van der Waals surface area contributed by atoms with Gasteiger partial charge in [-0.25, -0.2) is 0 Å². The molecule has 0 aromatic heterocycles. The lowest BCUT2D eigenvalue weighted by Crippen LogP contribution is -2.30. The predicted molar refractivity (Wildman–Crippen MR) is 312 cm³/mol. The molecule has 0 aromatic rings. The smallest absolute Gasteiger partial charge is 0.306 e. The van der Waals surface area contributed by atoms with E-state index in [2.05, 4.69) is 81.5 Å². The van der Waals surface area contributed by atoms with Crippen molar-refractivity contribution in [1.29, 1.82) is 0 Å². The summed E-state index contributed by atoms with van der Waals surface area (Å²) in [6.07, 6.45) is 76.7. The average molecular weight is 1010 g/mol. The van der Waals surface area contributed by atoms with Crippen LogP contribution in [0.2, 0.25) is 0 Å². The van der Waals surface area contributed by atoms with E-state index in [0.29, 0.717) is 19.3 Å². The zero-order valence-corrected chi connectivity index (χ0v) is 47.9. The quantitative estimate of drug-likeness (QED) is 0.0261. The maximum Gasteiger partial charge on any atom is 0.306 e. The molecule has 0 saturated carbocycles. The van der Waals surface area contributed by atoms with Crippen molar-refractivity contribution in [1.82, 2.24) is 0 Å². The first-order valence-corrected chi connectivity index (χ1v) is 31.3. The summed E-state index contributed by atoms with van der Waals surface area (Å²) in [5.41, 5.74) is 0. The maximum absolute atomic E-state index is 12.9. The van der Waals surface area contributed by atoms with Crippen molar-refractivity contribution in [2.45, 2.75) is 329 Å². The molecule has 0 fully saturated rings. The summed E-state index contributed by atoms with van der Waals surface area (Å²) in [4.78, 5) is 38.1. The van der Waals surface area contributed by atoms with Gasteiger partial charge < -0.3 is 14.2 Å². The molecule has 0 N–H and O–H groups in total. The average Bonchev–Trinajstić information content (AvgIpc) is 3.38. The molecule has 0 radical (unpaired) electrons. The fourth-order valence-corrected chi connectivity index (χ4v) is 9.01. The standard InChI is InChI=1S/C66H118O6/c1-4-7-10-13-16-19-21-23-25-27-29-30-31-32-33-34-35-36-38-39-41-43-45-47-50-53-56-59-65(68)71-62-63(61-70-64(67)58-55-52-49-18-15-12-9-6-3)72-66(69)60-57-54-51-48-46-44-42-40-37-28-26-24-22-20-17-14-11-8-5-2/h17,20-21,23-24,26-27,29,31-32,63H,4-16,18-19,22,25,28,30,33-62H2,1-3H3/b20-17-,23-21-,26-24-,29-27-,32-31-. The van der Waals surface area contributed by atoms with Gasteiger partial charge in [-0.1, -0.05) is 274 Å². The fourth-order valence-electron chi connectivity index (χ4n) is 9.01. The summed E-state index contributed by atoms with van der Waals surface area (Å²) in [5.74, 6) is -0.871. The van der Waals surface area contributed by atoms with Crippen LogP contribution in [0, 0.1) is 0 Å².